The number of carbonyl (C=O) groups is 2. The highest BCUT2D eigenvalue weighted by atomic mass is 16.5. The number of phenolic OH excluding ortho intramolecular Hbond substituents is 1. The second-order valence-corrected chi connectivity index (χ2v) is 6.04. The lowest BCUT2D eigenvalue weighted by atomic mass is 9.94. The molecule has 1 aliphatic rings. The van der Waals surface area contributed by atoms with Crippen molar-refractivity contribution in [3.8, 4) is 11.5 Å². The molecule has 3 amide bonds. The Morgan fingerprint density at radius 3 is 2.59 bits per heavy atom. The Labute approximate surface area is 157 Å². The summed E-state index contributed by atoms with van der Waals surface area (Å²) >= 11 is 0. The Hall–Kier alpha value is -3.48. The van der Waals surface area contributed by atoms with Crippen LogP contribution >= 0.6 is 0 Å². The van der Waals surface area contributed by atoms with E-state index >= 15 is 0 Å². The molecule has 0 aliphatic carbocycles. The number of ether oxygens (including phenoxy) is 1. The minimum absolute atomic E-state index is 0.108. The maximum atomic E-state index is 13.0. The van der Waals surface area contributed by atoms with Gasteiger partial charge in [0.1, 0.15) is 11.5 Å². The Morgan fingerprint density at radius 2 is 1.89 bits per heavy atom. The number of amides is 3. The van der Waals surface area contributed by atoms with Crippen LogP contribution in [-0.2, 0) is 4.79 Å². The Kier molecular flexibility index (Phi) is 5.30. The third-order valence-corrected chi connectivity index (χ3v) is 4.18. The molecule has 0 saturated carbocycles. The van der Waals surface area contributed by atoms with Crippen LogP contribution in [0.25, 0.3) is 0 Å². The predicted molar refractivity (Wildman–Crippen MR) is 101 cm³/mol. The SMILES string of the molecule is CCOc1ccccc1NC(=O)C1=C(C)NC(=O)N[C@H]1c1ccc(O)cc1. The molecule has 2 aromatic carbocycles. The van der Waals surface area contributed by atoms with Crippen molar-refractivity contribution in [1.29, 1.82) is 0 Å². The highest BCUT2D eigenvalue weighted by molar-refractivity contribution is 6.07. The zero-order chi connectivity index (χ0) is 19.4. The molecule has 0 unspecified atom stereocenters. The number of hydrogen-bond acceptors (Lipinski definition) is 4. The molecule has 3 rings (SSSR count). The zero-order valence-electron chi connectivity index (χ0n) is 15.1. The first-order chi connectivity index (χ1) is 13.0. The van der Waals surface area contributed by atoms with E-state index in [2.05, 4.69) is 16.0 Å². The predicted octanol–water partition coefficient (Wildman–Crippen LogP) is 3.06. The van der Waals surface area contributed by atoms with Crippen molar-refractivity contribution < 1.29 is 19.4 Å². The number of aromatic hydroxyl groups is 1. The van der Waals surface area contributed by atoms with Gasteiger partial charge in [-0.05, 0) is 43.7 Å². The quantitative estimate of drug-likeness (QED) is 0.653. The maximum absolute atomic E-state index is 13.0. The van der Waals surface area contributed by atoms with Crippen LogP contribution in [0.15, 0.2) is 59.8 Å². The van der Waals surface area contributed by atoms with Crippen LogP contribution in [0, 0.1) is 0 Å². The lowest BCUT2D eigenvalue weighted by molar-refractivity contribution is -0.113. The number of rotatable bonds is 5. The number of benzene rings is 2. The third-order valence-electron chi connectivity index (χ3n) is 4.18. The van der Waals surface area contributed by atoms with Gasteiger partial charge in [0.15, 0.2) is 0 Å². The second kappa shape index (κ2) is 7.82. The summed E-state index contributed by atoms with van der Waals surface area (Å²) in [5.41, 5.74) is 2.08. The standard InChI is InChI=1S/C20H21N3O4/c1-3-27-16-7-5-4-6-15(16)22-19(25)17-12(2)21-20(26)23-18(17)13-8-10-14(24)11-9-13/h4-11,18,24H,3H2,1-2H3,(H,22,25)(H2,21,23,26)/t18-/m0/s1. The van der Waals surface area contributed by atoms with Crippen LogP contribution in [0.4, 0.5) is 10.5 Å². The van der Waals surface area contributed by atoms with E-state index in [4.69, 9.17) is 4.74 Å². The van der Waals surface area contributed by atoms with Crippen molar-refractivity contribution in [2.75, 3.05) is 11.9 Å². The van der Waals surface area contributed by atoms with Gasteiger partial charge in [-0.3, -0.25) is 4.79 Å². The molecular formula is C20H21N3O4. The maximum Gasteiger partial charge on any atom is 0.319 e. The first-order valence-corrected chi connectivity index (χ1v) is 8.60. The number of para-hydroxylation sites is 2. The van der Waals surface area contributed by atoms with Crippen LogP contribution < -0.4 is 20.7 Å². The highest BCUT2D eigenvalue weighted by Gasteiger charge is 2.31. The molecule has 4 N–H and O–H groups in total. The number of phenols is 1. The molecule has 0 saturated heterocycles. The first kappa shape index (κ1) is 18.3. The molecule has 0 radical (unpaired) electrons. The van der Waals surface area contributed by atoms with Gasteiger partial charge in [0.2, 0.25) is 0 Å². The smallest absolute Gasteiger partial charge is 0.319 e. The van der Waals surface area contributed by atoms with E-state index in [-0.39, 0.29) is 11.7 Å². The number of hydrogen-bond donors (Lipinski definition) is 4. The number of anilines is 1. The summed E-state index contributed by atoms with van der Waals surface area (Å²) in [4.78, 5) is 25.0. The fourth-order valence-electron chi connectivity index (χ4n) is 2.95. The van der Waals surface area contributed by atoms with Crippen LogP contribution in [0.3, 0.4) is 0 Å². The van der Waals surface area contributed by atoms with Gasteiger partial charge in [0, 0.05) is 5.70 Å². The number of allylic oxidation sites excluding steroid dienone is 1. The fourth-order valence-corrected chi connectivity index (χ4v) is 2.95. The molecule has 1 heterocycles. The van der Waals surface area contributed by atoms with Gasteiger partial charge in [0.05, 0.1) is 23.9 Å². The van der Waals surface area contributed by atoms with E-state index in [0.29, 0.717) is 34.9 Å². The summed E-state index contributed by atoms with van der Waals surface area (Å²) in [7, 11) is 0. The molecule has 0 spiro atoms. The molecule has 7 heteroatoms. The summed E-state index contributed by atoms with van der Waals surface area (Å²) in [6, 6.07) is 12.5. The summed E-state index contributed by atoms with van der Waals surface area (Å²) in [5.74, 6) is 0.321. The fraction of sp³-hybridized carbons (Fsp3) is 0.200. The van der Waals surface area contributed by atoms with Gasteiger partial charge >= 0.3 is 6.03 Å². The minimum Gasteiger partial charge on any atom is -0.508 e. The van der Waals surface area contributed by atoms with Crippen LogP contribution in [0.5, 0.6) is 11.5 Å². The summed E-state index contributed by atoms with van der Waals surface area (Å²) in [6.45, 7) is 4.02. The average molecular weight is 367 g/mol. The van der Waals surface area contributed by atoms with Gasteiger partial charge in [0.25, 0.3) is 5.91 Å². The van der Waals surface area contributed by atoms with E-state index in [1.54, 1.807) is 37.3 Å². The normalized spacial score (nSPS) is 16.4. The lowest BCUT2D eigenvalue weighted by Gasteiger charge is -2.28. The van der Waals surface area contributed by atoms with Crippen molar-refractivity contribution in [2.45, 2.75) is 19.9 Å². The second-order valence-electron chi connectivity index (χ2n) is 6.04. The molecule has 7 nitrogen and oxygen atoms in total. The van der Waals surface area contributed by atoms with E-state index in [1.807, 2.05) is 13.0 Å². The van der Waals surface area contributed by atoms with Crippen molar-refractivity contribution in [1.82, 2.24) is 10.6 Å². The number of nitrogens with one attached hydrogen (secondary N) is 3. The molecule has 1 aliphatic heterocycles. The monoisotopic (exact) mass is 367 g/mol. The topological polar surface area (TPSA) is 99.7 Å². The van der Waals surface area contributed by atoms with E-state index in [0.717, 1.165) is 0 Å². The molecule has 0 aromatic heterocycles. The van der Waals surface area contributed by atoms with Gasteiger partial charge in [-0.15, -0.1) is 0 Å². The summed E-state index contributed by atoms with van der Waals surface area (Å²) < 4.78 is 5.55. The summed E-state index contributed by atoms with van der Waals surface area (Å²) in [6.07, 6.45) is 0. The highest BCUT2D eigenvalue weighted by Crippen LogP contribution is 2.30. The minimum atomic E-state index is -0.640. The van der Waals surface area contributed by atoms with Crippen LogP contribution in [-0.4, -0.2) is 23.7 Å². The summed E-state index contributed by atoms with van der Waals surface area (Å²) in [5, 5.41) is 17.8. The number of urea groups is 1. The van der Waals surface area contributed by atoms with Gasteiger partial charge in [-0.25, -0.2) is 4.79 Å². The Balaban J connectivity index is 1.93. The van der Waals surface area contributed by atoms with Gasteiger partial charge in [-0.2, -0.15) is 0 Å². The van der Waals surface area contributed by atoms with Crippen LogP contribution in [0.1, 0.15) is 25.5 Å². The molecule has 140 valence electrons. The van der Waals surface area contributed by atoms with Gasteiger partial charge < -0.3 is 25.8 Å². The molecule has 0 fully saturated rings. The van der Waals surface area contributed by atoms with Gasteiger partial charge in [-0.1, -0.05) is 24.3 Å². The Morgan fingerprint density at radius 1 is 1.19 bits per heavy atom. The Bertz CT molecular complexity index is 890. The first-order valence-electron chi connectivity index (χ1n) is 8.60. The molecule has 27 heavy (non-hydrogen) atoms. The van der Waals surface area contributed by atoms with Crippen molar-refractivity contribution in [2.24, 2.45) is 0 Å². The average Bonchev–Trinajstić information content (AvgIpc) is 2.63. The van der Waals surface area contributed by atoms with Crippen molar-refractivity contribution in [3.05, 3.63) is 65.4 Å². The molecule has 0 bridgehead atoms. The van der Waals surface area contributed by atoms with Crippen molar-refractivity contribution in [3.63, 3.8) is 0 Å². The van der Waals surface area contributed by atoms with E-state index < -0.39 is 12.1 Å². The molecule has 2 aromatic rings. The number of carbonyl (C=O) groups excluding carboxylic acids is 2. The van der Waals surface area contributed by atoms with E-state index in [9.17, 15) is 14.7 Å². The van der Waals surface area contributed by atoms with E-state index in [1.165, 1.54) is 12.1 Å². The van der Waals surface area contributed by atoms with Crippen molar-refractivity contribution >= 4 is 17.6 Å². The van der Waals surface area contributed by atoms with Crippen LogP contribution in [0.2, 0.25) is 0 Å². The third kappa shape index (κ3) is 4.03. The lowest BCUT2D eigenvalue weighted by Crippen LogP contribution is -2.45. The largest absolute Gasteiger partial charge is 0.508 e. The molecule has 1 atom stereocenters. The molecular weight excluding hydrogens is 346 g/mol. The zero-order valence-corrected chi connectivity index (χ0v) is 15.1.